The van der Waals surface area contributed by atoms with E-state index in [-0.39, 0.29) is 5.92 Å². The van der Waals surface area contributed by atoms with Crippen LogP contribution >= 0.6 is 0 Å². The van der Waals surface area contributed by atoms with Crippen molar-refractivity contribution in [2.24, 2.45) is 17.6 Å². The molecule has 1 heterocycles. The second-order valence-electron chi connectivity index (χ2n) is 3.99. The van der Waals surface area contributed by atoms with Crippen molar-refractivity contribution in [3.05, 3.63) is 24.2 Å². The van der Waals surface area contributed by atoms with Gasteiger partial charge in [-0.25, -0.2) is 0 Å². The molecule has 80 valence electrons. The summed E-state index contributed by atoms with van der Waals surface area (Å²) in [6, 6.07) is 3.70. The first-order valence-corrected chi connectivity index (χ1v) is 5.05. The van der Waals surface area contributed by atoms with E-state index in [0.29, 0.717) is 18.9 Å². The van der Waals surface area contributed by atoms with Crippen molar-refractivity contribution >= 4 is 0 Å². The zero-order valence-corrected chi connectivity index (χ0v) is 8.81. The molecule has 2 unspecified atom stereocenters. The monoisotopic (exact) mass is 197 g/mol. The van der Waals surface area contributed by atoms with Gasteiger partial charge in [0.25, 0.3) is 0 Å². The van der Waals surface area contributed by atoms with E-state index in [9.17, 15) is 5.11 Å². The number of furan rings is 1. The van der Waals surface area contributed by atoms with Crippen molar-refractivity contribution in [3.8, 4) is 0 Å². The van der Waals surface area contributed by atoms with Gasteiger partial charge in [0.2, 0.25) is 0 Å². The van der Waals surface area contributed by atoms with Crippen LogP contribution in [0.1, 0.15) is 19.6 Å². The predicted octanol–water partition coefficient (Wildman–Crippen LogP) is 1.41. The Morgan fingerprint density at radius 3 is 2.64 bits per heavy atom. The first-order chi connectivity index (χ1) is 6.65. The molecule has 0 aliphatic heterocycles. The van der Waals surface area contributed by atoms with Gasteiger partial charge >= 0.3 is 0 Å². The molecule has 0 amide bonds. The zero-order chi connectivity index (χ0) is 10.6. The minimum atomic E-state index is -0.411. The van der Waals surface area contributed by atoms with Gasteiger partial charge in [0.05, 0.1) is 12.4 Å². The summed E-state index contributed by atoms with van der Waals surface area (Å²) < 4.78 is 5.18. The lowest BCUT2D eigenvalue weighted by atomic mass is 9.88. The third-order valence-corrected chi connectivity index (χ3v) is 2.61. The minimum absolute atomic E-state index is 0.139. The van der Waals surface area contributed by atoms with E-state index in [0.717, 1.165) is 5.76 Å². The number of hydrogen-bond donors (Lipinski definition) is 2. The summed E-state index contributed by atoms with van der Waals surface area (Å²) in [7, 11) is 0. The smallest absolute Gasteiger partial charge is 0.106 e. The van der Waals surface area contributed by atoms with Crippen molar-refractivity contribution in [2.45, 2.75) is 26.4 Å². The Morgan fingerprint density at radius 2 is 2.21 bits per heavy atom. The van der Waals surface area contributed by atoms with Gasteiger partial charge in [0, 0.05) is 6.42 Å². The van der Waals surface area contributed by atoms with Crippen LogP contribution in [0.25, 0.3) is 0 Å². The SMILES string of the molecule is CC(C)C(CN)C(O)Cc1ccco1. The molecule has 3 heteroatoms. The highest BCUT2D eigenvalue weighted by Gasteiger charge is 2.22. The van der Waals surface area contributed by atoms with Crippen LogP contribution < -0.4 is 5.73 Å². The van der Waals surface area contributed by atoms with Crippen LogP contribution in [0, 0.1) is 11.8 Å². The Morgan fingerprint density at radius 1 is 1.50 bits per heavy atom. The number of aliphatic hydroxyl groups is 1. The van der Waals surface area contributed by atoms with Crippen molar-refractivity contribution in [1.29, 1.82) is 0 Å². The minimum Gasteiger partial charge on any atom is -0.469 e. The molecule has 1 aromatic rings. The van der Waals surface area contributed by atoms with Gasteiger partial charge in [-0.1, -0.05) is 13.8 Å². The van der Waals surface area contributed by atoms with Crippen LogP contribution in [0.15, 0.2) is 22.8 Å². The second kappa shape index (κ2) is 5.17. The van der Waals surface area contributed by atoms with E-state index in [1.54, 1.807) is 6.26 Å². The summed E-state index contributed by atoms with van der Waals surface area (Å²) in [5.74, 6) is 1.35. The first-order valence-electron chi connectivity index (χ1n) is 5.05. The topological polar surface area (TPSA) is 59.4 Å². The predicted molar refractivity (Wildman–Crippen MR) is 55.8 cm³/mol. The maximum atomic E-state index is 9.91. The molecule has 14 heavy (non-hydrogen) atoms. The largest absolute Gasteiger partial charge is 0.469 e. The molecule has 1 rings (SSSR count). The lowest BCUT2D eigenvalue weighted by Gasteiger charge is -2.24. The van der Waals surface area contributed by atoms with Crippen LogP contribution in [0.3, 0.4) is 0 Å². The zero-order valence-electron chi connectivity index (χ0n) is 8.81. The molecule has 0 radical (unpaired) electrons. The lowest BCUT2D eigenvalue weighted by Crippen LogP contribution is -2.33. The maximum absolute atomic E-state index is 9.91. The summed E-state index contributed by atoms with van der Waals surface area (Å²) in [6.45, 7) is 4.66. The summed E-state index contributed by atoms with van der Waals surface area (Å²) >= 11 is 0. The average molecular weight is 197 g/mol. The maximum Gasteiger partial charge on any atom is 0.106 e. The third-order valence-electron chi connectivity index (χ3n) is 2.61. The van der Waals surface area contributed by atoms with Crippen molar-refractivity contribution in [3.63, 3.8) is 0 Å². The van der Waals surface area contributed by atoms with Crippen LogP contribution in [0.4, 0.5) is 0 Å². The van der Waals surface area contributed by atoms with E-state index >= 15 is 0 Å². The summed E-state index contributed by atoms with van der Waals surface area (Å²) in [4.78, 5) is 0. The summed E-state index contributed by atoms with van der Waals surface area (Å²) in [5, 5.41) is 9.91. The van der Waals surface area contributed by atoms with E-state index < -0.39 is 6.10 Å². The number of nitrogens with two attached hydrogens (primary N) is 1. The highest BCUT2D eigenvalue weighted by molar-refractivity contribution is 5.00. The molecule has 1 aromatic heterocycles. The molecule has 0 saturated carbocycles. The standard InChI is InChI=1S/C11H19NO2/c1-8(2)10(7-12)11(13)6-9-4-3-5-14-9/h3-5,8,10-11,13H,6-7,12H2,1-2H3. The normalized spacial score (nSPS) is 15.8. The van der Waals surface area contributed by atoms with Gasteiger partial charge in [-0.05, 0) is 30.5 Å². The average Bonchev–Trinajstić information content (AvgIpc) is 2.57. The van der Waals surface area contributed by atoms with Crippen LogP contribution in [0.2, 0.25) is 0 Å². The lowest BCUT2D eigenvalue weighted by molar-refractivity contribution is 0.0816. The van der Waals surface area contributed by atoms with Gasteiger partial charge in [0.1, 0.15) is 5.76 Å². The fourth-order valence-electron chi connectivity index (χ4n) is 1.66. The Hall–Kier alpha value is -0.800. The van der Waals surface area contributed by atoms with Gasteiger partial charge in [-0.3, -0.25) is 0 Å². The highest BCUT2D eigenvalue weighted by Crippen LogP contribution is 2.17. The fourth-order valence-corrected chi connectivity index (χ4v) is 1.66. The number of aliphatic hydroxyl groups excluding tert-OH is 1. The quantitative estimate of drug-likeness (QED) is 0.750. The van der Waals surface area contributed by atoms with E-state index in [2.05, 4.69) is 13.8 Å². The summed E-state index contributed by atoms with van der Waals surface area (Å²) in [5.41, 5.74) is 5.61. The van der Waals surface area contributed by atoms with Gasteiger partial charge < -0.3 is 15.3 Å². The molecule has 0 aliphatic carbocycles. The van der Waals surface area contributed by atoms with Gasteiger partial charge in [0.15, 0.2) is 0 Å². The van der Waals surface area contributed by atoms with Crippen molar-refractivity contribution in [1.82, 2.24) is 0 Å². The van der Waals surface area contributed by atoms with Crippen molar-refractivity contribution < 1.29 is 9.52 Å². The van der Waals surface area contributed by atoms with Gasteiger partial charge in [-0.15, -0.1) is 0 Å². The Kier molecular flexibility index (Phi) is 4.17. The number of rotatable bonds is 5. The van der Waals surface area contributed by atoms with E-state index in [1.165, 1.54) is 0 Å². The molecular weight excluding hydrogens is 178 g/mol. The van der Waals surface area contributed by atoms with Crippen LogP contribution in [-0.4, -0.2) is 17.8 Å². The highest BCUT2D eigenvalue weighted by atomic mass is 16.3. The van der Waals surface area contributed by atoms with Crippen molar-refractivity contribution in [2.75, 3.05) is 6.54 Å². The molecule has 0 aromatic carbocycles. The fraction of sp³-hybridized carbons (Fsp3) is 0.636. The summed E-state index contributed by atoms with van der Waals surface area (Å²) in [6.07, 6.45) is 1.76. The number of hydrogen-bond acceptors (Lipinski definition) is 3. The molecule has 0 bridgehead atoms. The second-order valence-corrected chi connectivity index (χ2v) is 3.99. The third kappa shape index (κ3) is 2.86. The molecule has 0 saturated heterocycles. The first kappa shape index (κ1) is 11.3. The Bertz CT molecular complexity index is 244. The molecule has 3 nitrogen and oxygen atoms in total. The van der Waals surface area contributed by atoms with E-state index in [1.807, 2.05) is 12.1 Å². The molecule has 0 aliphatic rings. The van der Waals surface area contributed by atoms with E-state index in [4.69, 9.17) is 10.2 Å². The van der Waals surface area contributed by atoms with Gasteiger partial charge in [-0.2, -0.15) is 0 Å². The molecule has 3 N–H and O–H groups in total. The molecule has 0 fully saturated rings. The molecule has 2 atom stereocenters. The Labute approximate surface area is 84.9 Å². The molecular formula is C11H19NO2. The van der Waals surface area contributed by atoms with Crippen LogP contribution in [-0.2, 0) is 6.42 Å². The van der Waals surface area contributed by atoms with Crippen LogP contribution in [0.5, 0.6) is 0 Å². The Balaban J connectivity index is 2.51. The molecule has 0 spiro atoms.